The summed E-state index contributed by atoms with van der Waals surface area (Å²) in [5.41, 5.74) is 2.85. The van der Waals surface area contributed by atoms with Crippen LogP contribution < -0.4 is 9.47 Å². The van der Waals surface area contributed by atoms with Gasteiger partial charge in [-0.3, -0.25) is 0 Å². The van der Waals surface area contributed by atoms with E-state index in [0.29, 0.717) is 29.9 Å². The molecule has 3 rings (SSSR count). The van der Waals surface area contributed by atoms with Gasteiger partial charge in [0.15, 0.2) is 17.2 Å². The van der Waals surface area contributed by atoms with Crippen molar-refractivity contribution in [3.8, 4) is 11.5 Å². The molecule has 0 amide bonds. The van der Waals surface area contributed by atoms with Crippen LogP contribution in [-0.2, 0) is 9.53 Å². The SMILES string of the molecule is COc1cc(/C=C2\N=C(c3ccccc3C)OC2=O)ccc1OCC(C)C. The van der Waals surface area contributed by atoms with Gasteiger partial charge in [-0.05, 0) is 48.2 Å². The highest BCUT2D eigenvalue weighted by molar-refractivity contribution is 6.13. The molecule has 0 unspecified atom stereocenters. The molecule has 2 aromatic carbocycles. The van der Waals surface area contributed by atoms with Crippen LogP contribution in [0.1, 0.15) is 30.5 Å². The molecule has 27 heavy (non-hydrogen) atoms. The minimum atomic E-state index is -0.465. The first kappa shape index (κ1) is 18.7. The predicted octanol–water partition coefficient (Wildman–Crippen LogP) is 4.38. The Morgan fingerprint density at radius 3 is 2.63 bits per heavy atom. The van der Waals surface area contributed by atoms with E-state index in [1.54, 1.807) is 13.2 Å². The zero-order valence-electron chi connectivity index (χ0n) is 16.0. The molecule has 0 bridgehead atoms. The van der Waals surface area contributed by atoms with E-state index in [2.05, 4.69) is 18.8 Å². The highest BCUT2D eigenvalue weighted by Crippen LogP contribution is 2.30. The molecule has 2 aromatic rings. The van der Waals surface area contributed by atoms with Crippen LogP contribution in [0.4, 0.5) is 0 Å². The summed E-state index contributed by atoms with van der Waals surface area (Å²) in [6, 6.07) is 13.2. The second-order valence-corrected chi connectivity index (χ2v) is 6.77. The number of ether oxygens (including phenoxy) is 3. The van der Waals surface area contributed by atoms with Crippen molar-refractivity contribution in [3.63, 3.8) is 0 Å². The van der Waals surface area contributed by atoms with Crippen molar-refractivity contribution in [1.29, 1.82) is 0 Å². The first-order chi connectivity index (χ1) is 13.0. The largest absolute Gasteiger partial charge is 0.493 e. The molecule has 0 fully saturated rings. The first-order valence-corrected chi connectivity index (χ1v) is 8.87. The molecule has 0 saturated heterocycles. The molecule has 0 N–H and O–H groups in total. The van der Waals surface area contributed by atoms with Crippen LogP contribution in [0.2, 0.25) is 0 Å². The molecule has 5 nitrogen and oxygen atoms in total. The van der Waals surface area contributed by atoms with E-state index in [4.69, 9.17) is 14.2 Å². The van der Waals surface area contributed by atoms with E-state index < -0.39 is 5.97 Å². The third-order valence-electron chi connectivity index (χ3n) is 4.06. The normalized spacial score (nSPS) is 15.1. The van der Waals surface area contributed by atoms with Gasteiger partial charge in [-0.1, -0.05) is 38.1 Å². The van der Waals surface area contributed by atoms with Crippen LogP contribution in [0, 0.1) is 12.8 Å². The van der Waals surface area contributed by atoms with Gasteiger partial charge in [0.1, 0.15) is 0 Å². The quantitative estimate of drug-likeness (QED) is 0.563. The predicted molar refractivity (Wildman–Crippen MR) is 105 cm³/mol. The van der Waals surface area contributed by atoms with E-state index in [9.17, 15) is 4.79 Å². The number of nitrogens with zero attached hydrogens (tertiary/aromatic N) is 1. The van der Waals surface area contributed by atoms with Crippen LogP contribution in [0.15, 0.2) is 53.2 Å². The fraction of sp³-hybridized carbons (Fsp3) is 0.273. The molecule has 0 aliphatic carbocycles. The van der Waals surface area contributed by atoms with Crippen LogP contribution in [0.5, 0.6) is 11.5 Å². The van der Waals surface area contributed by atoms with Crippen molar-refractivity contribution >= 4 is 17.9 Å². The lowest BCUT2D eigenvalue weighted by Gasteiger charge is -2.12. The summed E-state index contributed by atoms with van der Waals surface area (Å²) in [6.45, 7) is 6.73. The minimum absolute atomic E-state index is 0.256. The molecule has 5 heteroatoms. The summed E-state index contributed by atoms with van der Waals surface area (Å²) in [5, 5.41) is 0. The smallest absolute Gasteiger partial charge is 0.363 e. The third kappa shape index (κ3) is 4.37. The van der Waals surface area contributed by atoms with Gasteiger partial charge in [-0.2, -0.15) is 0 Å². The second kappa shape index (κ2) is 8.08. The Hall–Kier alpha value is -3.08. The van der Waals surface area contributed by atoms with E-state index in [-0.39, 0.29) is 5.70 Å². The van der Waals surface area contributed by atoms with Gasteiger partial charge in [0, 0.05) is 5.56 Å². The van der Waals surface area contributed by atoms with Crippen molar-refractivity contribution in [1.82, 2.24) is 0 Å². The van der Waals surface area contributed by atoms with Crippen LogP contribution in [0.25, 0.3) is 6.08 Å². The zero-order valence-corrected chi connectivity index (χ0v) is 16.0. The number of hydrogen-bond donors (Lipinski definition) is 0. The summed E-state index contributed by atoms with van der Waals surface area (Å²) in [6.07, 6.45) is 1.68. The Labute approximate surface area is 159 Å². The molecule has 140 valence electrons. The monoisotopic (exact) mass is 365 g/mol. The van der Waals surface area contributed by atoms with E-state index in [1.165, 1.54) is 0 Å². The highest BCUT2D eigenvalue weighted by atomic mass is 16.6. The van der Waals surface area contributed by atoms with Gasteiger partial charge < -0.3 is 14.2 Å². The molecule has 1 aliphatic heterocycles. The van der Waals surface area contributed by atoms with Gasteiger partial charge >= 0.3 is 5.97 Å². The fourth-order valence-corrected chi connectivity index (χ4v) is 2.64. The van der Waals surface area contributed by atoms with Crippen molar-refractivity contribution in [3.05, 3.63) is 64.9 Å². The molecular weight excluding hydrogens is 342 g/mol. The summed E-state index contributed by atoms with van der Waals surface area (Å²) in [4.78, 5) is 16.6. The number of esters is 1. The van der Waals surface area contributed by atoms with Gasteiger partial charge in [-0.15, -0.1) is 0 Å². The Balaban J connectivity index is 1.87. The van der Waals surface area contributed by atoms with E-state index >= 15 is 0 Å². The minimum Gasteiger partial charge on any atom is -0.493 e. The Bertz CT molecular complexity index is 912. The molecule has 1 heterocycles. The number of rotatable bonds is 6. The van der Waals surface area contributed by atoms with Gasteiger partial charge in [-0.25, -0.2) is 9.79 Å². The van der Waals surface area contributed by atoms with Gasteiger partial charge in [0.05, 0.1) is 13.7 Å². The molecular formula is C22H23NO4. The maximum Gasteiger partial charge on any atom is 0.363 e. The first-order valence-electron chi connectivity index (χ1n) is 8.87. The van der Waals surface area contributed by atoms with Crippen LogP contribution >= 0.6 is 0 Å². The molecule has 0 aromatic heterocycles. The summed E-state index contributed by atoms with van der Waals surface area (Å²) < 4.78 is 16.5. The van der Waals surface area contributed by atoms with Crippen molar-refractivity contribution < 1.29 is 19.0 Å². The molecule has 0 saturated carbocycles. The lowest BCUT2D eigenvalue weighted by Crippen LogP contribution is -2.06. The summed E-state index contributed by atoms with van der Waals surface area (Å²) in [7, 11) is 1.59. The Kier molecular flexibility index (Phi) is 5.60. The zero-order chi connectivity index (χ0) is 19.4. The van der Waals surface area contributed by atoms with E-state index in [0.717, 1.165) is 16.7 Å². The van der Waals surface area contributed by atoms with Gasteiger partial charge in [0.2, 0.25) is 5.90 Å². The molecule has 0 atom stereocenters. The number of carbonyl (C=O) groups is 1. The average Bonchev–Trinajstić information content (AvgIpc) is 3.01. The van der Waals surface area contributed by atoms with Crippen LogP contribution in [-0.4, -0.2) is 25.6 Å². The molecule has 0 spiro atoms. The highest BCUT2D eigenvalue weighted by Gasteiger charge is 2.25. The second-order valence-electron chi connectivity index (χ2n) is 6.77. The van der Waals surface area contributed by atoms with Gasteiger partial charge in [0.25, 0.3) is 0 Å². The van der Waals surface area contributed by atoms with Crippen molar-refractivity contribution in [2.24, 2.45) is 10.9 Å². The van der Waals surface area contributed by atoms with E-state index in [1.807, 2.05) is 49.4 Å². The number of cyclic esters (lactones) is 1. The standard InChI is InChI=1S/C22H23NO4/c1-14(2)13-26-19-10-9-16(12-20(19)25-4)11-18-22(24)27-21(23-18)17-8-6-5-7-15(17)3/h5-12,14H,13H2,1-4H3/b18-11-. The third-order valence-corrected chi connectivity index (χ3v) is 4.06. The number of hydrogen-bond acceptors (Lipinski definition) is 5. The topological polar surface area (TPSA) is 57.1 Å². The maximum absolute atomic E-state index is 12.2. The number of aryl methyl sites for hydroxylation is 1. The fourth-order valence-electron chi connectivity index (χ4n) is 2.64. The van der Waals surface area contributed by atoms with Crippen LogP contribution in [0.3, 0.4) is 0 Å². The number of benzene rings is 2. The lowest BCUT2D eigenvalue weighted by molar-refractivity contribution is -0.129. The summed E-state index contributed by atoms with van der Waals surface area (Å²) in [5.74, 6) is 1.56. The summed E-state index contributed by atoms with van der Waals surface area (Å²) >= 11 is 0. The Morgan fingerprint density at radius 1 is 1.15 bits per heavy atom. The van der Waals surface area contributed by atoms with Crippen molar-refractivity contribution in [2.75, 3.05) is 13.7 Å². The number of methoxy groups -OCH3 is 1. The lowest BCUT2D eigenvalue weighted by atomic mass is 10.1. The molecule has 1 aliphatic rings. The Morgan fingerprint density at radius 2 is 1.93 bits per heavy atom. The molecule has 0 radical (unpaired) electrons. The van der Waals surface area contributed by atoms with Crippen molar-refractivity contribution in [2.45, 2.75) is 20.8 Å². The maximum atomic E-state index is 12.2. The average molecular weight is 365 g/mol. The number of carbonyl (C=O) groups excluding carboxylic acids is 1. The number of aliphatic imine (C=N–C) groups is 1.